The van der Waals surface area contributed by atoms with E-state index in [-0.39, 0.29) is 6.10 Å². The highest BCUT2D eigenvalue weighted by molar-refractivity contribution is 7.91. The highest BCUT2D eigenvalue weighted by Crippen LogP contribution is 2.22. The van der Waals surface area contributed by atoms with E-state index in [0.29, 0.717) is 23.7 Å². The van der Waals surface area contributed by atoms with Crippen molar-refractivity contribution in [2.24, 2.45) is 5.73 Å². The molecule has 0 spiro atoms. The molecule has 1 aromatic rings. The van der Waals surface area contributed by atoms with E-state index in [1.807, 2.05) is 6.07 Å². The molecule has 0 radical (unpaired) electrons. The lowest BCUT2D eigenvalue weighted by Crippen LogP contribution is -2.35. The van der Waals surface area contributed by atoms with E-state index in [9.17, 15) is 8.42 Å². The van der Waals surface area contributed by atoms with Crippen LogP contribution in [0.15, 0.2) is 16.3 Å². The van der Waals surface area contributed by atoms with E-state index in [4.69, 9.17) is 10.5 Å². The zero-order valence-electron chi connectivity index (χ0n) is 10.8. The molecular formula is C12H20N2O3S2. The van der Waals surface area contributed by atoms with Gasteiger partial charge in [0.2, 0.25) is 10.0 Å². The summed E-state index contributed by atoms with van der Waals surface area (Å²) < 4.78 is 32.7. The van der Waals surface area contributed by atoms with Gasteiger partial charge < -0.3 is 10.5 Å². The Morgan fingerprint density at radius 2 is 2.26 bits per heavy atom. The minimum atomic E-state index is -3.41. The lowest BCUT2D eigenvalue weighted by molar-refractivity contribution is 0.0200. The highest BCUT2D eigenvalue weighted by atomic mass is 32.2. The second kappa shape index (κ2) is 6.81. The van der Waals surface area contributed by atoms with Crippen molar-refractivity contribution >= 4 is 21.4 Å². The Hall–Kier alpha value is -0.470. The van der Waals surface area contributed by atoms with E-state index in [2.05, 4.69) is 4.72 Å². The Labute approximate surface area is 118 Å². The van der Waals surface area contributed by atoms with E-state index < -0.39 is 10.0 Å². The normalized spacial score (nSPS) is 20.6. The van der Waals surface area contributed by atoms with Gasteiger partial charge in [-0.15, -0.1) is 11.3 Å². The molecule has 7 heteroatoms. The molecule has 1 aliphatic heterocycles. The smallest absolute Gasteiger partial charge is 0.250 e. The molecule has 1 atom stereocenters. The molecule has 0 aromatic carbocycles. The van der Waals surface area contributed by atoms with Gasteiger partial charge in [-0.1, -0.05) is 0 Å². The summed E-state index contributed by atoms with van der Waals surface area (Å²) >= 11 is 1.28. The molecule has 1 unspecified atom stereocenters. The van der Waals surface area contributed by atoms with Crippen LogP contribution in [0.4, 0.5) is 0 Å². The number of thiophene rings is 1. The van der Waals surface area contributed by atoms with Crippen LogP contribution in [0.3, 0.4) is 0 Å². The van der Waals surface area contributed by atoms with Gasteiger partial charge in [0.1, 0.15) is 4.21 Å². The van der Waals surface area contributed by atoms with Gasteiger partial charge in [0.05, 0.1) is 6.10 Å². The fourth-order valence-corrected chi connectivity index (χ4v) is 4.50. The Morgan fingerprint density at radius 3 is 2.95 bits per heavy atom. The fraction of sp³-hybridized carbons (Fsp3) is 0.667. The molecule has 0 bridgehead atoms. The molecule has 1 aromatic heterocycles. The first-order valence-corrected chi connectivity index (χ1v) is 8.82. The van der Waals surface area contributed by atoms with Crippen LogP contribution in [-0.2, 0) is 21.2 Å². The summed E-state index contributed by atoms with van der Waals surface area (Å²) in [6.45, 7) is 1.61. The zero-order valence-corrected chi connectivity index (χ0v) is 12.4. The van der Waals surface area contributed by atoms with Gasteiger partial charge >= 0.3 is 0 Å². The summed E-state index contributed by atoms with van der Waals surface area (Å²) in [4.78, 5) is 0.997. The maximum absolute atomic E-state index is 12.1. The lowest BCUT2D eigenvalue weighted by Gasteiger charge is -2.22. The van der Waals surface area contributed by atoms with Crippen molar-refractivity contribution in [2.75, 3.05) is 19.7 Å². The van der Waals surface area contributed by atoms with E-state index >= 15 is 0 Å². The third-order valence-corrected chi connectivity index (χ3v) is 6.13. The Balaban J connectivity index is 1.92. The van der Waals surface area contributed by atoms with E-state index in [1.54, 1.807) is 6.07 Å². The van der Waals surface area contributed by atoms with Crippen molar-refractivity contribution < 1.29 is 13.2 Å². The molecule has 19 heavy (non-hydrogen) atoms. The van der Waals surface area contributed by atoms with Crippen LogP contribution in [0, 0.1) is 0 Å². The summed E-state index contributed by atoms with van der Waals surface area (Å²) in [6, 6.07) is 3.46. The molecule has 5 nitrogen and oxygen atoms in total. The first kappa shape index (κ1) is 14.9. The van der Waals surface area contributed by atoms with Crippen molar-refractivity contribution in [1.29, 1.82) is 0 Å². The quantitative estimate of drug-likeness (QED) is 0.824. The third-order valence-electron chi connectivity index (χ3n) is 3.07. The monoisotopic (exact) mass is 304 g/mol. The molecule has 2 rings (SSSR count). The number of rotatable bonds is 6. The predicted octanol–water partition coefficient (Wildman–Crippen LogP) is 1.10. The SMILES string of the molecule is NCCc1ccc(S(=O)(=O)NCC2CCCCO2)s1. The van der Waals surface area contributed by atoms with Crippen LogP contribution in [-0.4, -0.2) is 34.2 Å². The second-order valence-corrected chi connectivity index (χ2v) is 7.76. The maximum atomic E-state index is 12.1. The standard InChI is InChI=1S/C12H20N2O3S2/c13-7-6-11-4-5-12(18-11)19(15,16)14-9-10-3-1-2-8-17-10/h4-5,10,14H,1-3,6-9,13H2. The van der Waals surface area contributed by atoms with E-state index in [1.165, 1.54) is 11.3 Å². The maximum Gasteiger partial charge on any atom is 0.250 e. The van der Waals surface area contributed by atoms with Crippen LogP contribution in [0.2, 0.25) is 0 Å². The van der Waals surface area contributed by atoms with Crippen molar-refractivity contribution in [2.45, 2.75) is 36.0 Å². The van der Waals surface area contributed by atoms with Gasteiger partial charge in [-0.25, -0.2) is 13.1 Å². The first-order valence-electron chi connectivity index (χ1n) is 6.52. The lowest BCUT2D eigenvalue weighted by atomic mass is 10.1. The molecule has 0 amide bonds. The predicted molar refractivity (Wildman–Crippen MR) is 75.9 cm³/mol. The van der Waals surface area contributed by atoms with Crippen LogP contribution < -0.4 is 10.5 Å². The Kier molecular flexibility index (Phi) is 5.35. The van der Waals surface area contributed by atoms with Crippen molar-refractivity contribution in [3.05, 3.63) is 17.0 Å². The molecular weight excluding hydrogens is 284 g/mol. The minimum absolute atomic E-state index is 0.00648. The molecule has 1 aliphatic rings. The average Bonchev–Trinajstić information content (AvgIpc) is 2.88. The van der Waals surface area contributed by atoms with Gasteiger partial charge in [0, 0.05) is 18.0 Å². The summed E-state index contributed by atoms with van der Waals surface area (Å²) in [6.07, 6.45) is 3.81. The highest BCUT2D eigenvalue weighted by Gasteiger charge is 2.20. The topological polar surface area (TPSA) is 81.4 Å². The van der Waals surface area contributed by atoms with Crippen LogP contribution in [0.25, 0.3) is 0 Å². The second-order valence-electron chi connectivity index (χ2n) is 4.60. The van der Waals surface area contributed by atoms with Gasteiger partial charge in [-0.05, 0) is 44.4 Å². The number of nitrogens with two attached hydrogens (primary N) is 1. The summed E-state index contributed by atoms with van der Waals surface area (Å²) in [5.41, 5.74) is 5.46. The van der Waals surface area contributed by atoms with Crippen LogP contribution in [0.5, 0.6) is 0 Å². The Bertz CT molecular complexity index is 493. The summed E-state index contributed by atoms with van der Waals surface area (Å²) in [7, 11) is -3.41. The van der Waals surface area contributed by atoms with Gasteiger partial charge in [0.25, 0.3) is 0 Å². The fourth-order valence-electron chi connectivity index (χ4n) is 2.02. The van der Waals surface area contributed by atoms with Crippen molar-refractivity contribution in [3.63, 3.8) is 0 Å². The first-order chi connectivity index (χ1) is 9.12. The van der Waals surface area contributed by atoms with E-state index in [0.717, 1.165) is 30.7 Å². The number of hydrogen-bond acceptors (Lipinski definition) is 5. The number of ether oxygens (including phenoxy) is 1. The van der Waals surface area contributed by atoms with Crippen molar-refractivity contribution in [3.8, 4) is 0 Å². The van der Waals surface area contributed by atoms with Gasteiger partial charge in [-0.2, -0.15) is 0 Å². The summed E-state index contributed by atoms with van der Waals surface area (Å²) in [5, 5.41) is 0. The van der Waals surface area contributed by atoms with Gasteiger partial charge in [0.15, 0.2) is 0 Å². The van der Waals surface area contributed by atoms with Crippen LogP contribution in [0.1, 0.15) is 24.1 Å². The largest absolute Gasteiger partial charge is 0.377 e. The average molecular weight is 304 g/mol. The molecule has 2 heterocycles. The molecule has 1 fully saturated rings. The molecule has 1 saturated heterocycles. The zero-order chi connectivity index (χ0) is 13.7. The number of hydrogen-bond donors (Lipinski definition) is 2. The number of sulfonamides is 1. The van der Waals surface area contributed by atoms with Crippen molar-refractivity contribution in [1.82, 2.24) is 4.72 Å². The molecule has 108 valence electrons. The molecule has 3 N–H and O–H groups in total. The van der Waals surface area contributed by atoms with Gasteiger partial charge in [-0.3, -0.25) is 0 Å². The minimum Gasteiger partial charge on any atom is -0.377 e. The molecule has 0 saturated carbocycles. The number of nitrogens with one attached hydrogen (secondary N) is 1. The Morgan fingerprint density at radius 1 is 1.42 bits per heavy atom. The third kappa shape index (κ3) is 4.25. The van der Waals surface area contributed by atoms with Crippen LogP contribution >= 0.6 is 11.3 Å². The molecule has 0 aliphatic carbocycles. The summed E-state index contributed by atoms with van der Waals surface area (Å²) in [5.74, 6) is 0.